The van der Waals surface area contributed by atoms with Crippen molar-refractivity contribution < 1.29 is 23.1 Å². The summed E-state index contributed by atoms with van der Waals surface area (Å²) in [5.74, 6) is -0.587. The number of sulfonamides is 1. The van der Waals surface area contributed by atoms with Crippen LogP contribution in [0, 0.1) is 0 Å². The van der Waals surface area contributed by atoms with Crippen LogP contribution in [0.1, 0.15) is 37.0 Å². The summed E-state index contributed by atoms with van der Waals surface area (Å²) in [6.45, 7) is 3.64. The highest BCUT2D eigenvalue weighted by atomic mass is 32.2. The molecule has 3 N–H and O–H groups in total. The number of carbonyl (C=O) groups is 2. The lowest BCUT2D eigenvalue weighted by atomic mass is 9.98. The van der Waals surface area contributed by atoms with Crippen LogP contribution in [0.3, 0.4) is 0 Å². The molecule has 1 aromatic carbocycles. The third kappa shape index (κ3) is 4.53. The van der Waals surface area contributed by atoms with Crippen LogP contribution in [0.5, 0.6) is 0 Å². The van der Waals surface area contributed by atoms with Crippen molar-refractivity contribution in [3.05, 3.63) is 29.8 Å². The van der Waals surface area contributed by atoms with Crippen molar-refractivity contribution in [2.75, 3.05) is 11.5 Å². The van der Waals surface area contributed by atoms with Gasteiger partial charge in [0.15, 0.2) is 0 Å². The Bertz CT molecular complexity index is 740. The fraction of sp³-hybridized carbons (Fsp3) is 0.500. The number of carboxylic acid groups (broad SMARTS) is 1. The molecule has 7 nitrogen and oxygen atoms in total. The molecule has 2 atom stereocenters. The first kappa shape index (κ1) is 19.7. The van der Waals surface area contributed by atoms with E-state index in [-0.39, 0.29) is 16.5 Å². The Morgan fingerprint density at radius 2 is 1.96 bits per heavy atom. The molecular formula is C16H22N2O5S2. The lowest BCUT2D eigenvalue weighted by Gasteiger charge is -2.24. The third-order valence-corrected chi connectivity index (χ3v) is 6.97. The highest BCUT2D eigenvalue weighted by molar-refractivity contribution is 7.99. The van der Waals surface area contributed by atoms with Gasteiger partial charge in [0.2, 0.25) is 10.0 Å². The summed E-state index contributed by atoms with van der Waals surface area (Å²) in [6.07, 6.45) is 1.03. The van der Waals surface area contributed by atoms with Gasteiger partial charge in [-0.3, -0.25) is 4.79 Å². The summed E-state index contributed by atoms with van der Waals surface area (Å²) in [6, 6.07) is 5.27. The van der Waals surface area contributed by atoms with Gasteiger partial charge in [-0.05, 0) is 49.8 Å². The van der Waals surface area contributed by atoms with Gasteiger partial charge >= 0.3 is 5.97 Å². The molecule has 1 aliphatic heterocycles. The molecule has 1 heterocycles. The van der Waals surface area contributed by atoms with Crippen LogP contribution in [-0.4, -0.2) is 48.5 Å². The summed E-state index contributed by atoms with van der Waals surface area (Å²) in [7, 11) is -3.64. The molecule has 2 rings (SSSR count). The van der Waals surface area contributed by atoms with E-state index in [9.17, 15) is 23.1 Å². The van der Waals surface area contributed by atoms with Crippen LogP contribution < -0.4 is 10.0 Å². The maximum Gasteiger partial charge on any atom is 0.330 e. The Morgan fingerprint density at radius 3 is 2.44 bits per heavy atom. The van der Waals surface area contributed by atoms with E-state index in [1.807, 2.05) is 6.92 Å². The first-order valence-electron chi connectivity index (χ1n) is 7.96. The monoisotopic (exact) mass is 386 g/mol. The number of nitrogens with one attached hydrogen (secondary N) is 2. The predicted molar refractivity (Wildman–Crippen MR) is 96.3 cm³/mol. The second kappa shape index (κ2) is 7.76. The number of thioether (sulfide) groups is 1. The van der Waals surface area contributed by atoms with Crippen LogP contribution in [0.4, 0.5) is 0 Å². The first-order valence-corrected chi connectivity index (χ1v) is 10.6. The highest BCUT2D eigenvalue weighted by Gasteiger charge is 2.43. The molecule has 25 heavy (non-hydrogen) atoms. The van der Waals surface area contributed by atoms with Crippen molar-refractivity contribution in [2.24, 2.45) is 0 Å². The van der Waals surface area contributed by atoms with E-state index in [1.54, 1.807) is 6.92 Å². The molecule has 0 spiro atoms. The Kier molecular flexibility index (Phi) is 6.12. The number of hydrogen-bond acceptors (Lipinski definition) is 5. The van der Waals surface area contributed by atoms with Crippen molar-refractivity contribution >= 4 is 33.7 Å². The average molecular weight is 386 g/mol. The van der Waals surface area contributed by atoms with Crippen molar-refractivity contribution in [1.29, 1.82) is 0 Å². The molecule has 2 unspecified atom stereocenters. The van der Waals surface area contributed by atoms with E-state index >= 15 is 0 Å². The molecule has 1 amide bonds. The van der Waals surface area contributed by atoms with Gasteiger partial charge in [0, 0.05) is 17.4 Å². The van der Waals surface area contributed by atoms with E-state index in [0.717, 1.165) is 0 Å². The molecule has 9 heteroatoms. The third-order valence-electron chi connectivity index (χ3n) is 4.18. The number of rotatable bonds is 7. The van der Waals surface area contributed by atoms with Crippen LogP contribution in [0.15, 0.2) is 29.2 Å². The van der Waals surface area contributed by atoms with Gasteiger partial charge in [-0.1, -0.05) is 6.92 Å². The molecule has 0 bridgehead atoms. The SMILES string of the molecule is CCC(C)NS(=O)(=O)c1ccc(C(=O)NC2(C(=O)O)CCSC2)cc1. The number of hydrogen-bond donors (Lipinski definition) is 3. The van der Waals surface area contributed by atoms with E-state index in [0.29, 0.717) is 24.3 Å². The van der Waals surface area contributed by atoms with Gasteiger partial charge < -0.3 is 10.4 Å². The normalized spacial score (nSPS) is 21.7. The topological polar surface area (TPSA) is 113 Å². The minimum atomic E-state index is -3.64. The minimum Gasteiger partial charge on any atom is -0.479 e. The molecule has 0 aliphatic carbocycles. The van der Waals surface area contributed by atoms with Gasteiger partial charge in [-0.15, -0.1) is 0 Å². The van der Waals surface area contributed by atoms with E-state index < -0.39 is 27.4 Å². The van der Waals surface area contributed by atoms with Gasteiger partial charge in [0.25, 0.3) is 5.91 Å². The Hall–Kier alpha value is -1.58. The number of carbonyl (C=O) groups excluding carboxylic acids is 1. The van der Waals surface area contributed by atoms with Crippen LogP contribution in [0.25, 0.3) is 0 Å². The van der Waals surface area contributed by atoms with Crippen molar-refractivity contribution in [3.63, 3.8) is 0 Å². The Balaban J connectivity index is 2.14. The largest absolute Gasteiger partial charge is 0.479 e. The molecular weight excluding hydrogens is 364 g/mol. The molecule has 0 saturated carbocycles. The number of aliphatic carboxylic acids is 1. The summed E-state index contributed by atoms with van der Waals surface area (Å²) in [5, 5.41) is 12.0. The van der Waals surface area contributed by atoms with Gasteiger partial charge in [-0.2, -0.15) is 11.8 Å². The second-order valence-electron chi connectivity index (χ2n) is 6.10. The zero-order chi connectivity index (χ0) is 18.7. The molecule has 1 saturated heterocycles. The first-order chi connectivity index (χ1) is 11.7. The van der Waals surface area contributed by atoms with E-state index in [4.69, 9.17) is 0 Å². The highest BCUT2D eigenvalue weighted by Crippen LogP contribution is 2.28. The van der Waals surface area contributed by atoms with Crippen molar-refractivity contribution in [3.8, 4) is 0 Å². The van der Waals surface area contributed by atoms with E-state index in [1.165, 1.54) is 36.0 Å². The van der Waals surface area contributed by atoms with Crippen molar-refractivity contribution in [2.45, 2.75) is 43.2 Å². The zero-order valence-electron chi connectivity index (χ0n) is 14.1. The average Bonchev–Trinajstić information content (AvgIpc) is 3.04. The summed E-state index contributed by atoms with van der Waals surface area (Å²) < 4.78 is 27.0. The Labute approximate surface area is 151 Å². The fourth-order valence-electron chi connectivity index (χ4n) is 2.38. The molecule has 1 aromatic rings. The molecule has 0 radical (unpaired) electrons. The van der Waals surface area contributed by atoms with E-state index in [2.05, 4.69) is 10.0 Å². The van der Waals surface area contributed by atoms with Crippen LogP contribution in [0.2, 0.25) is 0 Å². The number of benzene rings is 1. The molecule has 138 valence electrons. The predicted octanol–water partition coefficient (Wildman–Crippen LogP) is 1.45. The van der Waals surface area contributed by atoms with Gasteiger partial charge in [0.1, 0.15) is 5.54 Å². The molecule has 1 fully saturated rings. The van der Waals surface area contributed by atoms with Gasteiger partial charge in [-0.25, -0.2) is 17.9 Å². The number of amides is 1. The van der Waals surface area contributed by atoms with Crippen molar-refractivity contribution in [1.82, 2.24) is 10.0 Å². The summed E-state index contributed by atoms with van der Waals surface area (Å²) >= 11 is 1.48. The zero-order valence-corrected chi connectivity index (χ0v) is 15.7. The quantitative estimate of drug-likeness (QED) is 0.654. The van der Waals surface area contributed by atoms with Gasteiger partial charge in [0.05, 0.1) is 4.90 Å². The van der Waals surface area contributed by atoms with Crippen LogP contribution >= 0.6 is 11.8 Å². The summed E-state index contributed by atoms with van der Waals surface area (Å²) in [4.78, 5) is 23.9. The lowest BCUT2D eigenvalue weighted by Crippen LogP contribution is -2.54. The van der Waals surface area contributed by atoms with Crippen LogP contribution in [-0.2, 0) is 14.8 Å². The molecule has 1 aliphatic rings. The maximum absolute atomic E-state index is 12.3. The summed E-state index contributed by atoms with van der Waals surface area (Å²) in [5.41, 5.74) is -1.04. The molecule has 0 aromatic heterocycles. The minimum absolute atomic E-state index is 0.0636. The smallest absolute Gasteiger partial charge is 0.330 e. The Morgan fingerprint density at radius 1 is 1.32 bits per heavy atom. The maximum atomic E-state index is 12.3. The number of carboxylic acids is 1. The standard InChI is InChI=1S/C16H22N2O5S2/c1-3-11(2)18-25(22,23)13-6-4-12(5-7-13)14(19)17-16(15(20)21)8-9-24-10-16/h4-7,11,18H,3,8-10H2,1-2H3,(H,17,19)(H,20,21). The fourth-order valence-corrected chi connectivity index (χ4v) is 5.03. The second-order valence-corrected chi connectivity index (χ2v) is 8.92. The lowest BCUT2D eigenvalue weighted by molar-refractivity contribution is -0.143.